The SMILES string of the molecule is C=C(/C=C\C(=C/C)CN(C(=O)c1cnc(Nc2cc(C)nc(C)n2)s1)c1ccccc1C)OC. The number of nitrogens with one attached hydrogen (secondary N) is 1. The fourth-order valence-electron chi connectivity index (χ4n) is 3.28. The van der Waals surface area contributed by atoms with Crippen molar-refractivity contribution in [3.63, 3.8) is 0 Å². The van der Waals surface area contributed by atoms with Crippen LogP contribution in [-0.2, 0) is 4.74 Å². The second-order valence-corrected chi connectivity index (χ2v) is 8.67. The van der Waals surface area contributed by atoms with Crippen LogP contribution in [0.15, 0.2) is 72.7 Å². The number of aryl methyl sites for hydroxylation is 3. The van der Waals surface area contributed by atoms with Crippen LogP contribution in [0, 0.1) is 20.8 Å². The number of carbonyl (C=O) groups is 1. The van der Waals surface area contributed by atoms with E-state index in [-0.39, 0.29) is 5.91 Å². The van der Waals surface area contributed by atoms with Gasteiger partial charge in [-0.15, -0.1) is 0 Å². The Morgan fingerprint density at radius 2 is 1.97 bits per heavy atom. The summed E-state index contributed by atoms with van der Waals surface area (Å²) >= 11 is 1.29. The van der Waals surface area contributed by atoms with E-state index >= 15 is 0 Å². The molecule has 34 heavy (non-hydrogen) atoms. The molecule has 7 nitrogen and oxygen atoms in total. The fraction of sp³-hybridized carbons (Fsp3) is 0.231. The number of nitrogens with zero attached hydrogens (tertiary/aromatic N) is 4. The van der Waals surface area contributed by atoms with Gasteiger partial charge in [0.15, 0.2) is 5.13 Å². The Morgan fingerprint density at radius 1 is 1.21 bits per heavy atom. The zero-order valence-electron chi connectivity index (χ0n) is 20.1. The highest BCUT2D eigenvalue weighted by Gasteiger charge is 2.22. The lowest BCUT2D eigenvalue weighted by atomic mass is 10.1. The van der Waals surface area contributed by atoms with E-state index in [0.29, 0.717) is 34.0 Å². The molecule has 1 amide bonds. The summed E-state index contributed by atoms with van der Waals surface area (Å²) in [5.74, 6) is 1.73. The molecule has 0 aliphatic rings. The monoisotopic (exact) mass is 475 g/mol. The molecule has 0 saturated heterocycles. The van der Waals surface area contributed by atoms with Crippen LogP contribution in [0.2, 0.25) is 0 Å². The van der Waals surface area contributed by atoms with Crippen molar-refractivity contribution in [3.05, 3.63) is 94.6 Å². The molecule has 2 heterocycles. The van der Waals surface area contributed by atoms with Gasteiger partial charge in [0.1, 0.15) is 22.3 Å². The molecule has 0 saturated carbocycles. The molecule has 1 N–H and O–H groups in total. The first kappa shape index (κ1) is 24.9. The van der Waals surface area contributed by atoms with E-state index in [9.17, 15) is 4.79 Å². The van der Waals surface area contributed by atoms with Gasteiger partial charge < -0.3 is 15.0 Å². The number of methoxy groups -OCH3 is 1. The van der Waals surface area contributed by atoms with Crippen molar-refractivity contribution in [1.82, 2.24) is 15.0 Å². The van der Waals surface area contributed by atoms with Crippen LogP contribution in [0.1, 0.15) is 33.7 Å². The molecule has 0 bridgehead atoms. The van der Waals surface area contributed by atoms with Gasteiger partial charge in [-0.25, -0.2) is 15.0 Å². The number of para-hydroxylation sites is 1. The molecule has 0 spiro atoms. The molecule has 3 aromatic rings. The summed E-state index contributed by atoms with van der Waals surface area (Å²) in [7, 11) is 1.57. The first-order valence-electron chi connectivity index (χ1n) is 10.8. The van der Waals surface area contributed by atoms with Crippen LogP contribution in [0.3, 0.4) is 0 Å². The Labute approximate surface area is 204 Å². The number of allylic oxidation sites excluding steroid dienone is 2. The van der Waals surface area contributed by atoms with Crippen molar-refractivity contribution in [3.8, 4) is 0 Å². The number of ether oxygens (including phenoxy) is 1. The summed E-state index contributed by atoms with van der Waals surface area (Å²) in [5, 5.41) is 3.77. The van der Waals surface area contributed by atoms with Crippen LogP contribution >= 0.6 is 11.3 Å². The van der Waals surface area contributed by atoms with E-state index in [4.69, 9.17) is 4.74 Å². The van der Waals surface area contributed by atoms with E-state index < -0.39 is 0 Å². The maximum absolute atomic E-state index is 13.7. The van der Waals surface area contributed by atoms with E-state index in [1.54, 1.807) is 24.3 Å². The number of aromatic nitrogens is 3. The van der Waals surface area contributed by atoms with E-state index in [1.165, 1.54) is 11.3 Å². The molecular weight excluding hydrogens is 446 g/mol. The van der Waals surface area contributed by atoms with Crippen molar-refractivity contribution in [2.24, 2.45) is 0 Å². The number of anilines is 3. The Hall–Kier alpha value is -3.78. The predicted molar refractivity (Wildman–Crippen MR) is 139 cm³/mol. The molecule has 0 fully saturated rings. The highest BCUT2D eigenvalue weighted by molar-refractivity contribution is 7.17. The normalized spacial score (nSPS) is 11.5. The third kappa shape index (κ3) is 6.39. The van der Waals surface area contributed by atoms with Crippen LogP contribution in [0.5, 0.6) is 0 Å². The van der Waals surface area contributed by atoms with Gasteiger partial charge in [0, 0.05) is 17.4 Å². The highest BCUT2D eigenvalue weighted by atomic mass is 32.1. The molecule has 0 radical (unpaired) electrons. The summed E-state index contributed by atoms with van der Waals surface area (Å²) < 4.78 is 5.13. The molecular formula is C26H29N5O2S. The minimum absolute atomic E-state index is 0.131. The summed E-state index contributed by atoms with van der Waals surface area (Å²) in [6.07, 6.45) is 7.26. The highest BCUT2D eigenvalue weighted by Crippen LogP contribution is 2.28. The maximum atomic E-state index is 13.7. The lowest BCUT2D eigenvalue weighted by Gasteiger charge is -2.24. The quantitative estimate of drug-likeness (QED) is 0.306. The summed E-state index contributed by atoms with van der Waals surface area (Å²) in [5.41, 5.74) is 3.66. The van der Waals surface area contributed by atoms with Crippen molar-refractivity contribution in [2.45, 2.75) is 27.7 Å². The minimum Gasteiger partial charge on any atom is -0.497 e. The zero-order chi connectivity index (χ0) is 24.7. The molecule has 176 valence electrons. The Bertz CT molecular complexity index is 1230. The lowest BCUT2D eigenvalue weighted by Crippen LogP contribution is -2.32. The first-order valence-corrected chi connectivity index (χ1v) is 11.6. The number of benzene rings is 1. The molecule has 0 unspecified atom stereocenters. The second-order valence-electron chi connectivity index (χ2n) is 7.64. The van der Waals surface area contributed by atoms with Crippen LogP contribution in [0.25, 0.3) is 0 Å². The number of hydrogen-bond acceptors (Lipinski definition) is 7. The van der Waals surface area contributed by atoms with Crippen molar-refractivity contribution in [1.29, 1.82) is 0 Å². The topological polar surface area (TPSA) is 80.2 Å². The Balaban J connectivity index is 1.89. The third-order valence-electron chi connectivity index (χ3n) is 5.03. The van der Waals surface area contributed by atoms with Crippen LogP contribution < -0.4 is 10.2 Å². The summed E-state index contributed by atoms with van der Waals surface area (Å²) in [6.45, 7) is 11.9. The van der Waals surface area contributed by atoms with Gasteiger partial charge in [-0.1, -0.05) is 48.3 Å². The van der Waals surface area contributed by atoms with Crippen molar-refractivity contribution >= 4 is 33.9 Å². The van der Waals surface area contributed by atoms with Gasteiger partial charge in [0.05, 0.1) is 19.9 Å². The molecule has 0 atom stereocenters. The summed E-state index contributed by atoms with van der Waals surface area (Å²) in [6, 6.07) is 9.67. The van der Waals surface area contributed by atoms with Gasteiger partial charge in [-0.05, 0) is 51.0 Å². The average Bonchev–Trinajstić information content (AvgIpc) is 3.27. The standard InChI is InChI=1S/C26H29N5O2S/c1-7-21(13-12-19(4)33-6)16-31(22-11-9-8-10-17(22)2)25(32)23-15-27-26(34-23)30-24-14-18(3)28-20(5)29-24/h7-15H,4,16H2,1-3,5-6H3,(H,27,28,29,30)/b13-12-,21-7+. The van der Waals surface area contributed by atoms with Gasteiger partial charge in [-0.3, -0.25) is 4.79 Å². The Kier molecular flexibility index (Phi) is 8.32. The minimum atomic E-state index is -0.131. The Morgan fingerprint density at radius 3 is 2.65 bits per heavy atom. The van der Waals surface area contributed by atoms with Crippen molar-refractivity contribution in [2.75, 3.05) is 23.9 Å². The number of thiazole rings is 1. The largest absolute Gasteiger partial charge is 0.497 e. The molecule has 3 rings (SSSR count). The number of carbonyl (C=O) groups excluding carboxylic acids is 1. The van der Waals surface area contributed by atoms with E-state index in [0.717, 1.165) is 22.5 Å². The molecule has 1 aromatic carbocycles. The van der Waals surface area contributed by atoms with Gasteiger partial charge in [0.25, 0.3) is 5.91 Å². The molecule has 0 aliphatic carbocycles. The maximum Gasteiger partial charge on any atom is 0.270 e. The average molecular weight is 476 g/mol. The first-order chi connectivity index (χ1) is 16.3. The molecule has 8 heteroatoms. The van der Waals surface area contributed by atoms with Gasteiger partial charge in [-0.2, -0.15) is 0 Å². The second kappa shape index (κ2) is 11.4. The smallest absolute Gasteiger partial charge is 0.270 e. The van der Waals surface area contributed by atoms with Gasteiger partial charge in [0.2, 0.25) is 0 Å². The predicted octanol–water partition coefficient (Wildman–Crippen LogP) is 5.91. The number of hydrogen-bond donors (Lipinski definition) is 1. The zero-order valence-corrected chi connectivity index (χ0v) is 20.9. The fourth-order valence-corrected chi connectivity index (χ4v) is 4.05. The summed E-state index contributed by atoms with van der Waals surface area (Å²) in [4.78, 5) is 29.0. The van der Waals surface area contributed by atoms with Crippen LogP contribution in [0.4, 0.5) is 16.6 Å². The molecule has 0 aliphatic heterocycles. The lowest BCUT2D eigenvalue weighted by molar-refractivity contribution is 0.0992. The molecule has 2 aromatic heterocycles. The number of rotatable bonds is 9. The van der Waals surface area contributed by atoms with Crippen LogP contribution in [-0.4, -0.2) is 34.5 Å². The van der Waals surface area contributed by atoms with Gasteiger partial charge >= 0.3 is 0 Å². The number of amides is 1. The van der Waals surface area contributed by atoms with E-state index in [1.807, 2.05) is 70.2 Å². The van der Waals surface area contributed by atoms with Crippen molar-refractivity contribution < 1.29 is 9.53 Å². The third-order valence-corrected chi connectivity index (χ3v) is 5.93. The van der Waals surface area contributed by atoms with E-state index in [2.05, 4.69) is 26.8 Å².